The quantitative estimate of drug-likeness (QED) is 0.531. The molecule has 1 aliphatic carbocycles. The smallest absolute Gasteiger partial charge is 0.270 e. The van der Waals surface area contributed by atoms with Gasteiger partial charge in [-0.15, -0.1) is 0 Å². The van der Waals surface area contributed by atoms with Crippen molar-refractivity contribution in [2.45, 2.75) is 6.92 Å². The van der Waals surface area contributed by atoms with Crippen molar-refractivity contribution >= 4 is 17.3 Å². The third-order valence-electron chi connectivity index (χ3n) is 2.43. The summed E-state index contributed by atoms with van der Waals surface area (Å²) >= 11 is 0. The van der Waals surface area contributed by atoms with Crippen molar-refractivity contribution in [1.29, 1.82) is 0 Å². The first kappa shape index (κ1) is 10.2. The van der Waals surface area contributed by atoms with E-state index in [1.54, 1.807) is 0 Å². The Morgan fingerprint density at radius 3 is 2.50 bits per heavy atom. The Morgan fingerprint density at radius 1 is 1.19 bits per heavy atom. The second kappa shape index (κ2) is 3.37. The van der Waals surface area contributed by atoms with Crippen LogP contribution in [-0.2, 0) is 0 Å². The highest BCUT2D eigenvalue weighted by molar-refractivity contribution is 6.24. The molecule has 0 aliphatic heterocycles. The summed E-state index contributed by atoms with van der Waals surface area (Å²) in [7, 11) is 0. The number of carbonyl (C=O) groups excluding carboxylic acids is 2. The minimum absolute atomic E-state index is 0.110. The molecule has 0 amide bonds. The normalized spacial score (nSPS) is 14.4. The number of fused-ring (bicyclic) bond motifs is 1. The van der Waals surface area contributed by atoms with Crippen LogP contribution in [-0.4, -0.2) is 16.5 Å². The SMILES string of the molecule is CC1=CC(=O)c2ccc([N+](=O)[O-])cc2C1=O. The summed E-state index contributed by atoms with van der Waals surface area (Å²) in [6.07, 6.45) is 1.25. The van der Waals surface area contributed by atoms with Crippen molar-refractivity contribution in [1.82, 2.24) is 0 Å². The summed E-state index contributed by atoms with van der Waals surface area (Å²) in [6.45, 7) is 1.52. The number of allylic oxidation sites excluding steroid dienone is 2. The molecule has 0 heterocycles. The van der Waals surface area contributed by atoms with E-state index in [-0.39, 0.29) is 28.4 Å². The van der Waals surface area contributed by atoms with Crippen LogP contribution in [0.2, 0.25) is 0 Å². The number of hydrogen-bond donors (Lipinski definition) is 0. The molecule has 1 aromatic carbocycles. The lowest BCUT2D eigenvalue weighted by Crippen LogP contribution is -2.15. The maximum absolute atomic E-state index is 11.7. The fourth-order valence-electron chi connectivity index (χ4n) is 1.60. The lowest BCUT2D eigenvalue weighted by atomic mass is 9.90. The van der Waals surface area contributed by atoms with Crippen molar-refractivity contribution in [2.75, 3.05) is 0 Å². The Labute approximate surface area is 90.5 Å². The Hall–Kier alpha value is -2.30. The highest BCUT2D eigenvalue weighted by atomic mass is 16.6. The van der Waals surface area contributed by atoms with Crippen molar-refractivity contribution in [3.8, 4) is 0 Å². The van der Waals surface area contributed by atoms with E-state index in [0.717, 1.165) is 6.07 Å². The molecule has 0 fully saturated rings. The first-order valence-corrected chi connectivity index (χ1v) is 4.56. The third-order valence-corrected chi connectivity index (χ3v) is 2.43. The number of benzene rings is 1. The molecular formula is C11H7NO4. The number of carbonyl (C=O) groups is 2. The maximum atomic E-state index is 11.7. The fraction of sp³-hybridized carbons (Fsp3) is 0.0909. The fourth-order valence-corrected chi connectivity index (χ4v) is 1.60. The summed E-state index contributed by atoms with van der Waals surface area (Å²) in [5.74, 6) is -0.625. The van der Waals surface area contributed by atoms with Gasteiger partial charge in [-0.2, -0.15) is 0 Å². The molecule has 0 radical (unpaired) electrons. The summed E-state index contributed by atoms with van der Waals surface area (Å²) < 4.78 is 0. The van der Waals surface area contributed by atoms with Gasteiger partial charge in [-0.1, -0.05) is 0 Å². The molecule has 0 atom stereocenters. The molecule has 0 spiro atoms. The second-order valence-corrected chi connectivity index (χ2v) is 3.51. The van der Waals surface area contributed by atoms with Gasteiger partial charge < -0.3 is 0 Å². The molecule has 0 bridgehead atoms. The zero-order valence-electron chi connectivity index (χ0n) is 8.39. The summed E-state index contributed by atoms with van der Waals surface area (Å²) in [4.78, 5) is 33.2. The Bertz CT molecular complexity index is 557. The van der Waals surface area contributed by atoms with E-state index in [2.05, 4.69) is 0 Å². The molecule has 5 heteroatoms. The number of rotatable bonds is 1. The van der Waals surface area contributed by atoms with Gasteiger partial charge in [-0.3, -0.25) is 19.7 Å². The van der Waals surface area contributed by atoms with Gasteiger partial charge in [-0.05, 0) is 19.1 Å². The molecule has 5 nitrogen and oxygen atoms in total. The van der Waals surface area contributed by atoms with Gasteiger partial charge in [0, 0.05) is 28.8 Å². The highest BCUT2D eigenvalue weighted by Gasteiger charge is 2.25. The van der Waals surface area contributed by atoms with Crippen LogP contribution in [0.5, 0.6) is 0 Å². The van der Waals surface area contributed by atoms with Gasteiger partial charge in [0.1, 0.15) is 0 Å². The van der Waals surface area contributed by atoms with Crippen molar-refractivity contribution in [3.05, 3.63) is 51.1 Å². The van der Waals surface area contributed by atoms with Gasteiger partial charge in [0.25, 0.3) is 5.69 Å². The van der Waals surface area contributed by atoms with E-state index in [1.807, 2.05) is 0 Å². The molecule has 0 aromatic heterocycles. The first-order valence-electron chi connectivity index (χ1n) is 4.56. The number of ketones is 2. The lowest BCUT2D eigenvalue weighted by molar-refractivity contribution is -0.384. The molecule has 0 unspecified atom stereocenters. The van der Waals surface area contributed by atoms with E-state index in [4.69, 9.17) is 0 Å². The van der Waals surface area contributed by atoms with Crippen LogP contribution in [0.15, 0.2) is 29.8 Å². The zero-order valence-corrected chi connectivity index (χ0v) is 8.39. The zero-order chi connectivity index (χ0) is 11.9. The van der Waals surface area contributed by atoms with Crippen molar-refractivity contribution in [2.24, 2.45) is 0 Å². The molecule has 2 rings (SSSR count). The van der Waals surface area contributed by atoms with Gasteiger partial charge in [0.2, 0.25) is 0 Å². The van der Waals surface area contributed by atoms with Crippen LogP contribution < -0.4 is 0 Å². The van der Waals surface area contributed by atoms with Crippen LogP contribution in [0.1, 0.15) is 27.6 Å². The third kappa shape index (κ3) is 1.42. The van der Waals surface area contributed by atoms with E-state index >= 15 is 0 Å². The summed E-state index contributed by atoms with van der Waals surface area (Å²) in [6, 6.07) is 3.68. The van der Waals surface area contributed by atoms with E-state index < -0.39 is 4.92 Å². The van der Waals surface area contributed by atoms with Crippen molar-refractivity contribution in [3.63, 3.8) is 0 Å². The summed E-state index contributed by atoms with van der Waals surface area (Å²) in [5.41, 5.74) is 0.452. The number of Topliss-reactive ketones (excluding diaryl/α,β-unsaturated/α-hetero) is 1. The van der Waals surface area contributed by atoms with Crippen LogP contribution in [0.4, 0.5) is 5.69 Å². The number of hydrogen-bond acceptors (Lipinski definition) is 4. The second-order valence-electron chi connectivity index (χ2n) is 3.51. The standard InChI is InChI=1S/C11H7NO4/c1-6-4-10(13)8-3-2-7(12(15)16)5-9(8)11(6)14/h2-5H,1H3. The monoisotopic (exact) mass is 217 g/mol. The largest absolute Gasteiger partial charge is 0.289 e. The number of nitro benzene ring substituents is 1. The molecule has 1 aromatic rings. The Balaban J connectivity index is 2.65. The predicted molar refractivity (Wildman–Crippen MR) is 55.5 cm³/mol. The minimum Gasteiger partial charge on any atom is -0.289 e. The van der Waals surface area contributed by atoms with E-state index in [1.165, 1.54) is 25.1 Å². The number of non-ortho nitro benzene ring substituents is 1. The van der Waals surface area contributed by atoms with Crippen LogP contribution in [0.3, 0.4) is 0 Å². The van der Waals surface area contributed by atoms with E-state index in [0.29, 0.717) is 5.57 Å². The highest BCUT2D eigenvalue weighted by Crippen LogP contribution is 2.25. The molecule has 16 heavy (non-hydrogen) atoms. The maximum Gasteiger partial charge on any atom is 0.270 e. The minimum atomic E-state index is -0.592. The van der Waals surface area contributed by atoms with Crippen LogP contribution in [0, 0.1) is 10.1 Å². The van der Waals surface area contributed by atoms with Gasteiger partial charge in [0.05, 0.1) is 4.92 Å². The topological polar surface area (TPSA) is 77.3 Å². The average Bonchev–Trinajstić information content (AvgIpc) is 2.25. The molecule has 0 saturated carbocycles. The lowest BCUT2D eigenvalue weighted by Gasteiger charge is -2.11. The van der Waals surface area contributed by atoms with Gasteiger partial charge in [-0.25, -0.2) is 0 Å². The average molecular weight is 217 g/mol. The molecule has 80 valence electrons. The Kier molecular flexibility index (Phi) is 2.16. The molecule has 1 aliphatic rings. The summed E-state index contributed by atoms with van der Waals surface area (Å²) in [5, 5.41) is 10.6. The molecular weight excluding hydrogens is 210 g/mol. The van der Waals surface area contributed by atoms with Crippen LogP contribution in [0.25, 0.3) is 0 Å². The molecule has 0 N–H and O–H groups in total. The number of nitrogens with zero attached hydrogens (tertiary/aromatic N) is 1. The van der Waals surface area contributed by atoms with E-state index in [9.17, 15) is 19.7 Å². The van der Waals surface area contributed by atoms with Gasteiger partial charge in [0.15, 0.2) is 11.6 Å². The first-order chi connectivity index (χ1) is 7.50. The van der Waals surface area contributed by atoms with Crippen molar-refractivity contribution < 1.29 is 14.5 Å². The Morgan fingerprint density at radius 2 is 1.88 bits per heavy atom. The van der Waals surface area contributed by atoms with Crippen LogP contribution >= 0.6 is 0 Å². The molecule has 0 saturated heterocycles. The number of nitro groups is 1. The van der Waals surface area contributed by atoms with Gasteiger partial charge >= 0.3 is 0 Å². The predicted octanol–water partition coefficient (Wildman–Crippen LogP) is 1.92.